The average molecular weight is 470 g/mol. The van der Waals surface area contributed by atoms with Gasteiger partial charge >= 0.3 is 0 Å². The molecule has 0 amide bonds. The molecule has 0 bridgehead atoms. The number of pyridine rings is 1. The lowest BCUT2D eigenvalue weighted by molar-refractivity contribution is 0.0286. The van der Waals surface area contributed by atoms with Crippen LogP contribution in [0.2, 0.25) is 0 Å². The van der Waals surface area contributed by atoms with Crippen molar-refractivity contribution in [2.45, 2.75) is 22.7 Å². The third-order valence-corrected chi connectivity index (χ3v) is 6.27. The number of imidazole rings is 1. The van der Waals surface area contributed by atoms with Crippen LogP contribution >= 0.6 is 35.9 Å². The van der Waals surface area contributed by atoms with Gasteiger partial charge in [0.25, 0.3) is 0 Å². The number of thioether (sulfide) groups is 2. The molecule has 164 valence electrons. The first-order valence-electron chi connectivity index (χ1n) is 9.57. The molecule has 1 aromatic carbocycles. The Hall–Kier alpha value is -1.29. The van der Waals surface area contributed by atoms with Gasteiger partial charge in [0.1, 0.15) is 0 Å². The number of H-pyrrole nitrogens is 1. The normalized spacial score (nSPS) is 11.0. The van der Waals surface area contributed by atoms with Gasteiger partial charge in [0, 0.05) is 29.7 Å². The minimum atomic E-state index is 0. The summed E-state index contributed by atoms with van der Waals surface area (Å²) in [5.74, 6) is 1.69. The Balaban J connectivity index is 0.00000320. The van der Waals surface area contributed by atoms with E-state index in [4.69, 9.17) is 14.2 Å². The van der Waals surface area contributed by atoms with Crippen molar-refractivity contribution in [1.29, 1.82) is 0 Å². The van der Waals surface area contributed by atoms with E-state index in [1.165, 1.54) is 10.5 Å². The molecule has 0 spiro atoms. The summed E-state index contributed by atoms with van der Waals surface area (Å²) in [5.41, 5.74) is 4.37. The van der Waals surface area contributed by atoms with E-state index in [0.717, 1.165) is 33.4 Å². The van der Waals surface area contributed by atoms with Crippen LogP contribution in [0.25, 0.3) is 11.0 Å². The summed E-state index contributed by atoms with van der Waals surface area (Å²) in [4.78, 5) is 13.8. The third-order valence-electron chi connectivity index (χ3n) is 4.26. The minimum absolute atomic E-state index is 0. The van der Waals surface area contributed by atoms with Crippen LogP contribution in [-0.4, -0.2) is 60.8 Å². The Kier molecular flexibility index (Phi) is 11.6. The molecule has 0 aliphatic rings. The zero-order chi connectivity index (χ0) is 20.3. The van der Waals surface area contributed by atoms with Gasteiger partial charge in [-0.05, 0) is 30.7 Å². The van der Waals surface area contributed by atoms with Crippen LogP contribution in [0, 0.1) is 6.92 Å². The van der Waals surface area contributed by atoms with E-state index in [2.05, 4.69) is 27.9 Å². The SMILES string of the molecule is COCCOCCOCCSc1ccnc(CSc2nc3ccccc3[nH]2)c1C.Cl. The van der Waals surface area contributed by atoms with Gasteiger partial charge in [-0.1, -0.05) is 23.9 Å². The summed E-state index contributed by atoms with van der Waals surface area (Å²) >= 11 is 3.48. The van der Waals surface area contributed by atoms with Crippen molar-refractivity contribution in [2.75, 3.05) is 45.9 Å². The van der Waals surface area contributed by atoms with E-state index in [9.17, 15) is 0 Å². The smallest absolute Gasteiger partial charge is 0.166 e. The molecule has 3 aromatic rings. The first kappa shape index (κ1) is 25.0. The highest BCUT2D eigenvalue weighted by atomic mass is 35.5. The van der Waals surface area contributed by atoms with Gasteiger partial charge in [0.15, 0.2) is 5.16 Å². The van der Waals surface area contributed by atoms with E-state index in [1.54, 1.807) is 30.6 Å². The molecule has 0 saturated heterocycles. The zero-order valence-electron chi connectivity index (χ0n) is 17.3. The summed E-state index contributed by atoms with van der Waals surface area (Å²) < 4.78 is 15.9. The molecule has 0 fully saturated rings. The molecule has 1 N–H and O–H groups in total. The zero-order valence-corrected chi connectivity index (χ0v) is 19.7. The summed E-state index contributed by atoms with van der Waals surface area (Å²) in [6, 6.07) is 10.1. The molecule has 2 heterocycles. The van der Waals surface area contributed by atoms with Crippen molar-refractivity contribution in [3.8, 4) is 0 Å². The Morgan fingerprint density at radius 3 is 2.53 bits per heavy atom. The van der Waals surface area contributed by atoms with Crippen molar-refractivity contribution < 1.29 is 14.2 Å². The third kappa shape index (κ3) is 7.76. The van der Waals surface area contributed by atoms with Gasteiger partial charge in [-0.15, -0.1) is 24.2 Å². The number of para-hydroxylation sites is 2. The number of hydrogen-bond donors (Lipinski definition) is 1. The molecule has 30 heavy (non-hydrogen) atoms. The van der Waals surface area contributed by atoms with Crippen molar-refractivity contribution in [3.05, 3.63) is 47.8 Å². The summed E-state index contributed by atoms with van der Waals surface area (Å²) in [5, 5.41) is 0.923. The summed E-state index contributed by atoms with van der Waals surface area (Å²) in [6.07, 6.45) is 1.88. The van der Waals surface area contributed by atoms with Crippen LogP contribution in [-0.2, 0) is 20.0 Å². The van der Waals surface area contributed by atoms with Gasteiger partial charge in [0.05, 0.1) is 49.8 Å². The van der Waals surface area contributed by atoms with Gasteiger partial charge in [-0.25, -0.2) is 4.98 Å². The predicted octanol–water partition coefficient (Wildman–Crippen LogP) is 4.75. The van der Waals surface area contributed by atoms with Gasteiger partial charge in [-0.2, -0.15) is 0 Å². The molecule has 9 heteroatoms. The fraction of sp³-hybridized carbons (Fsp3) is 0.429. The molecule has 0 aliphatic heterocycles. The van der Waals surface area contributed by atoms with Gasteiger partial charge in [0.2, 0.25) is 0 Å². The number of methoxy groups -OCH3 is 1. The molecule has 0 unspecified atom stereocenters. The number of benzene rings is 1. The van der Waals surface area contributed by atoms with Crippen LogP contribution in [0.4, 0.5) is 0 Å². The molecule has 0 saturated carbocycles. The maximum Gasteiger partial charge on any atom is 0.166 e. The number of fused-ring (bicyclic) bond motifs is 1. The number of rotatable bonds is 13. The number of aromatic nitrogens is 3. The lowest BCUT2D eigenvalue weighted by atomic mass is 10.2. The van der Waals surface area contributed by atoms with Crippen LogP contribution in [0.15, 0.2) is 46.6 Å². The number of aromatic amines is 1. The van der Waals surface area contributed by atoms with E-state index < -0.39 is 0 Å². The Morgan fingerprint density at radius 2 is 1.73 bits per heavy atom. The Bertz CT molecular complexity index is 862. The van der Waals surface area contributed by atoms with Crippen molar-refractivity contribution >= 4 is 47.0 Å². The van der Waals surface area contributed by atoms with E-state index in [0.29, 0.717) is 33.0 Å². The van der Waals surface area contributed by atoms with Crippen molar-refractivity contribution in [3.63, 3.8) is 0 Å². The molecule has 6 nitrogen and oxygen atoms in total. The highest BCUT2D eigenvalue weighted by Crippen LogP contribution is 2.28. The van der Waals surface area contributed by atoms with E-state index in [-0.39, 0.29) is 12.4 Å². The molecule has 2 aromatic heterocycles. The number of hydrogen-bond acceptors (Lipinski definition) is 7. The second kappa shape index (κ2) is 13.9. The predicted molar refractivity (Wildman–Crippen MR) is 126 cm³/mol. The van der Waals surface area contributed by atoms with Crippen LogP contribution < -0.4 is 0 Å². The second-order valence-corrected chi connectivity index (χ2v) is 8.40. The first-order valence-corrected chi connectivity index (χ1v) is 11.5. The van der Waals surface area contributed by atoms with Gasteiger partial charge in [-0.3, -0.25) is 4.98 Å². The number of halogens is 1. The quantitative estimate of drug-likeness (QED) is 0.286. The topological polar surface area (TPSA) is 69.3 Å². The van der Waals surface area contributed by atoms with Crippen LogP contribution in [0.3, 0.4) is 0 Å². The van der Waals surface area contributed by atoms with Crippen molar-refractivity contribution in [1.82, 2.24) is 15.0 Å². The van der Waals surface area contributed by atoms with E-state index in [1.807, 2.05) is 30.5 Å². The van der Waals surface area contributed by atoms with Crippen LogP contribution in [0.5, 0.6) is 0 Å². The number of nitrogens with zero attached hydrogens (tertiary/aromatic N) is 2. The molecule has 0 atom stereocenters. The standard InChI is InChI=1S/C21H27N3O3S2.ClH/c1-16-19(15-29-21-23-17-5-3-4-6-18(17)24-21)22-8-7-20(16)28-14-13-27-12-11-26-10-9-25-2;/h3-8H,9-15H2,1-2H3,(H,23,24);1H. The minimum Gasteiger partial charge on any atom is -0.382 e. The molecular weight excluding hydrogens is 442 g/mol. The Morgan fingerprint density at radius 1 is 0.967 bits per heavy atom. The monoisotopic (exact) mass is 469 g/mol. The molecular formula is C21H28ClN3O3S2. The first-order chi connectivity index (χ1) is 14.3. The Labute approximate surface area is 192 Å². The highest BCUT2D eigenvalue weighted by molar-refractivity contribution is 7.99. The number of nitrogens with one attached hydrogen (secondary N) is 1. The number of ether oxygens (including phenoxy) is 3. The lowest BCUT2D eigenvalue weighted by Crippen LogP contribution is -2.09. The molecule has 3 rings (SSSR count). The lowest BCUT2D eigenvalue weighted by Gasteiger charge is -2.10. The fourth-order valence-corrected chi connectivity index (χ4v) is 4.49. The highest BCUT2D eigenvalue weighted by Gasteiger charge is 2.09. The van der Waals surface area contributed by atoms with Crippen molar-refractivity contribution in [2.24, 2.45) is 0 Å². The summed E-state index contributed by atoms with van der Waals surface area (Å²) in [6.45, 7) is 5.27. The van der Waals surface area contributed by atoms with E-state index >= 15 is 0 Å². The maximum atomic E-state index is 5.62. The molecule has 0 aliphatic carbocycles. The van der Waals surface area contributed by atoms with Gasteiger partial charge < -0.3 is 19.2 Å². The fourth-order valence-electron chi connectivity index (χ4n) is 2.67. The second-order valence-electron chi connectivity index (χ2n) is 6.29. The summed E-state index contributed by atoms with van der Waals surface area (Å²) in [7, 11) is 1.67. The largest absolute Gasteiger partial charge is 0.382 e. The maximum absolute atomic E-state index is 5.62. The molecule has 0 radical (unpaired) electrons. The average Bonchev–Trinajstić information content (AvgIpc) is 3.16. The van der Waals surface area contributed by atoms with Crippen LogP contribution in [0.1, 0.15) is 11.3 Å².